The highest BCUT2D eigenvalue weighted by Gasteiger charge is 2.45. The minimum atomic E-state index is 0.330. The van der Waals surface area contributed by atoms with Gasteiger partial charge in [-0.3, -0.25) is 0 Å². The maximum atomic E-state index is 6.05. The Labute approximate surface area is 56.6 Å². The standard InChI is InChI=1S/C8H15N/c9-8(5-6-8)7-3-1-2-4-7/h7H,1-6,9H2. The second-order valence-electron chi connectivity index (χ2n) is 3.71. The van der Waals surface area contributed by atoms with Crippen LogP contribution in [0.5, 0.6) is 0 Å². The van der Waals surface area contributed by atoms with Crippen LogP contribution >= 0.6 is 0 Å². The molecule has 0 aliphatic heterocycles. The fourth-order valence-corrected chi connectivity index (χ4v) is 2.05. The van der Waals surface area contributed by atoms with Crippen molar-refractivity contribution in [1.82, 2.24) is 0 Å². The summed E-state index contributed by atoms with van der Waals surface area (Å²) in [5, 5.41) is 0. The average Bonchev–Trinajstić information content (AvgIpc) is 2.46. The number of hydrogen-bond donors (Lipinski definition) is 1. The molecule has 0 aromatic heterocycles. The van der Waals surface area contributed by atoms with Gasteiger partial charge in [-0.05, 0) is 31.6 Å². The molecule has 0 saturated heterocycles. The van der Waals surface area contributed by atoms with Crippen molar-refractivity contribution in [1.29, 1.82) is 0 Å². The average molecular weight is 125 g/mol. The molecule has 0 unspecified atom stereocenters. The highest BCUT2D eigenvalue weighted by Crippen LogP contribution is 2.46. The Morgan fingerprint density at radius 3 is 2.11 bits per heavy atom. The summed E-state index contributed by atoms with van der Waals surface area (Å²) >= 11 is 0. The number of nitrogens with two attached hydrogens (primary N) is 1. The van der Waals surface area contributed by atoms with Crippen molar-refractivity contribution in [3.05, 3.63) is 0 Å². The molecule has 1 heteroatoms. The van der Waals surface area contributed by atoms with Gasteiger partial charge in [0.2, 0.25) is 0 Å². The third-order valence-electron chi connectivity index (χ3n) is 3.00. The highest BCUT2D eigenvalue weighted by atomic mass is 14.8. The van der Waals surface area contributed by atoms with Crippen molar-refractivity contribution in [2.45, 2.75) is 44.1 Å². The summed E-state index contributed by atoms with van der Waals surface area (Å²) in [6.07, 6.45) is 8.30. The van der Waals surface area contributed by atoms with Gasteiger partial charge in [0.25, 0.3) is 0 Å². The van der Waals surface area contributed by atoms with E-state index >= 15 is 0 Å². The zero-order valence-electron chi connectivity index (χ0n) is 5.90. The van der Waals surface area contributed by atoms with Gasteiger partial charge >= 0.3 is 0 Å². The zero-order valence-corrected chi connectivity index (χ0v) is 5.90. The summed E-state index contributed by atoms with van der Waals surface area (Å²) in [5.74, 6) is 0.900. The fraction of sp³-hybridized carbons (Fsp3) is 1.00. The lowest BCUT2D eigenvalue weighted by atomic mass is 9.97. The van der Waals surface area contributed by atoms with Gasteiger partial charge in [0.15, 0.2) is 0 Å². The number of hydrogen-bond acceptors (Lipinski definition) is 1. The van der Waals surface area contributed by atoms with Crippen molar-refractivity contribution >= 4 is 0 Å². The maximum Gasteiger partial charge on any atom is 0.0184 e. The van der Waals surface area contributed by atoms with Gasteiger partial charge in [-0.25, -0.2) is 0 Å². The van der Waals surface area contributed by atoms with Gasteiger partial charge < -0.3 is 5.73 Å². The monoisotopic (exact) mass is 125 g/mol. The molecule has 0 amide bonds. The molecule has 2 N–H and O–H groups in total. The Hall–Kier alpha value is -0.0400. The predicted octanol–water partition coefficient (Wildman–Crippen LogP) is 1.67. The first-order valence-corrected chi connectivity index (χ1v) is 4.10. The van der Waals surface area contributed by atoms with E-state index in [9.17, 15) is 0 Å². The van der Waals surface area contributed by atoms with Crippen molar-refractivity contribution in [2.24, 2.45) is 11.7 Å². The van der Waals surface area contributed by atoms with Crippen LogP contribution in [0.3, 0.4) is 0 Å². The summed E-state index contributed by atoms with van der Waals surface area (Å²) in [7, 11) is 0. The van der Waals surface area contributed by atoms with Gasteiger partial charge in [-0.15, -0.1) is 0 Å². The first kappa shape index (κ1) is 5.72. The van der Waals surface area contributed by atoms with E-state index < -0.39 is 0 Å². The van der Waals surface area contributed by atoms with E-state index in [4.69, 9.17) is 5.73 Å². The molecular weight excluding hydrogens is 110 g/mol. The molecule has 0 atom stereocenters. The molecule has 0 radical (unpaired) electrons. The van der Waals surface area contributed by atoms with E-state index in [2.05, 4.69) is 0 Å². The van der Waals surface area contributed by atoms with Crippen molar-refractivity contribution in [3.8, 4) is 0 Å². The lowest BCUT2D eigenvalue weighted by Crippen LogP contribution is -2.30. The third kappa shape index (κ3) is 0.877. The lowest BCUT2D eigenvalue weighted by Gasteiger charge is -2.15. The SMILES string of the molecule is NC1(C2CCCC2)CC1. The largest absolute Gasteiger partial charge is 0.325 e. The number of rotatable bonds is 1. The molecule has 2 aliphatic carbocycles. The highest BCUT2D eigenvalue weighted by molar-refractivity contribution is 5.04. The lowest BCUT2D eigenvalue weighted by molar-refractivity contribution is 0.415. The van der Waals surface area contributed by atoms with Crippen LogP contribution in [0.1, 0.15) is 38.5 Å². The molecule has 2 rings (SSSR count). The molecule has 0 bridgehead atoms. The molecule has 2 saturated carbocycles. The summed E-state index contributed by atoms with van der Waals surface area (Å²) < 4.78 is 0. The molecule has 9 heavy (non-hydrogen) atoms. The van der Waals surface area contributed by atoms with Crippen molar-refractivity contribution < 1.29 is 0 Å². The molecule has 2 fully saturated rings. The van der Waals surface area contributed by atoms with Crippen LogP contribution in [0.2, 0.25) is 0 Å². The van der Waals surface area contributed by atoms with Crippen LogP contribution in [0.15, 0.2) is 0 Å². The Bertz CT molecular complexity index is 110. The van der Waals surface area contributed by atoms with Gasteiger partial charge in [0.05, 0.1) is 0 Å². The summed E-state index contributed by atoms with van der Waals surface area (Å²) in [5.41, 5.74) is 6.38. The predicted molar refractivity (Wildman–Crippen MR) is 38.1 cm³/mol. The molecular formula is C8H15N. The van der Waals surface area contributed by atoms with E-state index in [1.54, 1.807) is 0 Å². The third-order valence-corrected chi connectivity index (χ3v) is 3.00. The fourth-order valence-electron chi connectivity index (χ4n) is 2.05. The van der Waals surface area contributed by atoms with Crippen molar-refractivity contribution in [3.63, 3.8) is 0 Å². The molecule has 0 heterocycles. The molecule has 0 aromatic rings. The van der Waals surface area contributed by atoms with E-state index in [1.165, 1.54) is 38.5 Å². The van der Waals surface area contributed by atoms with E-state index in [1.807, 2.05) is 0 Å². The van der Waals surface area contributed by atoms with Crippen LogP contribution in [0.25, 0.3) is 0 Å². The normalized spacial score (nSPS) is 33.0. The quantitative estimate of drug-likeness (QED) is 0.566. The second kappa shape index (κ2) is 1.72. The summed E-state index contributed by atoms with van der Waals surface area (Å²) in [6.45, 7) is 0. The van der Waals surface area contributed by atoms with Crippen LogP contribution in [-0.4, -0.2) is 5.54 Å². The first-order chi connectivity index (χ1) is 4.31. The Morgan fingerprint density at radius 2 is 1.67 bits per heavy atom. The second-order valence-corrected chi connectivity index (χ2v) is 3.71. The Morgan fingerprint density at radius 1 is 1.11 bits per heavy atom. The molecule has 1 nitrogen and oxygen atoms in total. The molecule has 52 valence electrons. The van der Waals surface area contributed by atoms with Gasteiger partial charge in [-0.2, -0.15) is 0 Å². The van der Waals surface area contributed by atoms with E-state index in [-0.39, 0.29) is 0 Å². The van der Waals surface area contributed by atoms with Gasteiger partial charge in [0, 0.05) is 5.54 Å². The minimum absolute atomic E-state index is 0.330. The topological polar surface area (TPSA) is 26.0 Å². The molecule has 0 spiro atoms. The minimum Gasteiger partial charge on any atom is -0.325 e. The zero-order chi connectivity index (χ0) is 6.32. The molecule has 2 aliphatic rings. The van der Waals surface area contributed by atoms with Crippen LogP contribution in [-0.2, 0) is 0 Å². The Balaban J connectivity index is 1.97. The van der Waals surface area contributed by atoms with Crippen LogP contribution in [0.4, 0.5) is 0 Å². The first-order valence-electron chi connectivity index (χ1n) is 4.10. The van der Waals surface area contributed by atoms with Gasteiger partial charge in [0.1, 0.15) is 0 Å². The van der Waals surface area contributed by atoms with Crippen LogP contribution in [0, 0.1) is 5.92 Å². The summed E-state index contributed by atoms with van der Waals surface area (Å²) in [6, 6.07) is 0. The summed E-state index contributed by atoms with van der Waals surface area (Å²) in [4.78, 5) is 0. The van der Waals surface area contributed by atoms with E-state index in [0.717, 1.165) is 5.92 Å². The molecule has 0 aromatic carbocycles. The van der Waals surface area contributed by atoms with Crippen LogP contribution < -0.4 is 5.73 Å². The maximum absolute atomic E-state index is 6.05. The van der Waals surface area contributed by atoms with Crippen molar-refractivity contribution in [2.75, 3.05) is 0 Å². The van der Waals surface area contributed by atoms with Gasteiger partial charge in [-0.1, -0.05) is 12.8 Å². The smallest absolute Gasteiger partial charge is 0.0184 e. The Kier molecular flexibility index (Phi) is 1.10. The van der Waals surface area contributed by atoms with E-state index in [0.29, 0.717) is 5.54 Å².